The van der Waals surface area contributed by atoms with E-state index in [1.165, 1.54) is 0 Å². The zero-order valence-corrected chi connectivity index (χ0v) is 18.7. The van der Waals surface area contributed by atoms with Crippen LogP contribution in [0.2, 0.25) is 0 Å². The second-order valence-corrected chi connectivity index (χ2v) is 8.23. The summed E-state index contributed by atoms with van der Waals surface area (Å²) in [5.41, 5.74) is 3.32. The molecular weight excluding hydrogens is 430 g/mol. The van der Waals surface area contributed by atoms with Crippen LogP contribution in [0, 0.1) is 0 Å². The lowest BCUT2D eigenvalue weighted by atomic mass is 10.0. The Labute approximate surface area is 197 Å². The van der Waals surface area contributed by atoms with Crippen molar-refractivity contribution in [3.63, 3.8) is 0 Å². The Hall–Kier alpha value is -3.95. The summed E-state index contributed by atoms with van der Waals surface area (Å²) in [5.74, 6) is 0.899. The van der Waals surface area contributed by atoms with Gasteiger partial charge in [0.15, 0.2) is 0 Å². The van der Waals surface area contributed by atoms with Gasteiger partial charge in [0.2, 0.25) is 0 Å². The first-order chi connectivity index (χ1) is 16.7. The lowest BCUT2D eigenvalue weighted by Gasteiger charge is -2.42. The Morgan fingerprint density at radius 2 is 1.85 bits per heavy atom. The molecule has 1 aliphatic rings. The molecule has 1 saturated heterocycles. The fraction of sp³-hybridized carbons (Fsp3) is 0.240. The molecule has 1 fully saturated rings. The number of nitrogens with one attached hydrogen (secondary N) is 3. The standard InChI is InChI=1S/C25H27N7O2/c33-14-13-31-11-12-32(24-21-9-10-26-23(21)27-17-28-24)16-22(31)18-5-4-8-20(15-18)30-25(34)29-19-6-2-1-3-7-19/h1-10,15,17,22,33H,11-14,16H2,(H,26,27,28)(H2,29,30,34). The molecule has 0 radical (unpaired) electrons. The maximum atomic E-state index is 12.5. The number of β-amino-alcohol motifs (C(OH)–C–C–N with tert-alkyl or cyclic N) is 1. The Kier molecular flexibility index (Phi) is 6.37. The van der Waals surface area contributed by atoms with Crippen LogP contribution in [0.25, 0.3) is 11.0 Å². The first-order valence-corrected chi connectivity index (χ1v) is 11.3. The molecule has 0 bridgehead atoms. The summed E-state index contributed by atoms with van der Waals surface area (Å²) in [4.78, 5) is 29.0. The first-order valence-electron chi connectivity index (χ1n) is 11.3. The molecule has 4 N–H and O–H groups in total. The van der Waals surface area contributed by atoms with Gasteiger partial charge in [0.25, 0.3) is 0 Å². The SMILES string of the molecule is O=C(Nc1ccccc1)Nc1cccc(C2CN(c3ncnc4[nH]ccc34)CCN2CCO)c1. The minimum atomic E-state index is -0.295. The van der Waals surface area contributed by atoms with Crippen molar-refractivity contribution in [2.45, 2.75) is 6.04 Å². The van der Waals surface area contributed by atoms with Gasteiger partial charge in [-0.15, -0.1) is 0 Å². The smallest absolute Gasteiger partial charge is 0.323 e. The Bertz CT molecular complexity index is 1260. The van der Waals surface area contributed by atoms with Gasteiger partial charge in [0, 0.05) is 43.8 Å². The molecule has 2 amide bonds. The van der Waals surface area contributed by atoms with Crippen LogP contribution in [-0.4, -0.2) is 63.8 Å². The minimum Gasteiger partial charge on any atom is -0.395 e. The molecule has 5 rings (SSSR count). The van der Waals surface area contributed by atoms with Gasteiger partial charge in [0.05, 0.1) is 18.0 Å². The van der Waals surface area contributed by atoms with E-state index in [4.69, 9.17) is 0 Å². The van der Waals surface area contributed by atoms with Crippen LogP contribution in [0.15, 0.2) is 73.2 Å². The monoisotopic (exact) mass is 457 g/mol. The molecule has 0 saturated carbocycles. The van der Waals surface area contributed by atoms with Crippen LogP contribution in [0.5, 0.6) is 0 Å². The van der Waals surface area contributed by atoms with Crippen LogP contribution in [-0.2, 0) is 0 Å². The molecule has 2 aromatic heterocycles. The summed E-state index contributed by atoms with van der Waals surface area (Å²) >= 11 is 0. The summed E-state index contributed by atoms with van der Waals surface area (Å²) in [6.45, 7) is 2.95. The number of aromatic amines is 1. The largest absolute Gasteiger partial charge is 0.395 e. The zero-order chi connectivity index (χ0) is 23.3. The summed E-state index contributed by atoms with van der Waals surface area (Å²) in [7, 11) is 0. The highest BCUT2D eigenvalue weighted by Gasteiger charge is 2.29. The van der Waals surface area contributed by atoms with Crippen molar-refractivity contribution in [1.29, 1.82) is 0 Å². The van der Waals surface area contributed by atoms with E-state index in [9.17, 15) is 9.90 Å². The van der Waals surface area contributed by atoms with Gasteiger partial charge in [0.1, 0.15) is 17.8 Å². The molecule has 4 aromatic rings. The second kappa shape index (κ2) is 9.90. The van der Waals surface area contributed by atoms with E-state index >= 15 is 0 Å². The molecule has 0 spiro atoms. The molecule has 0 aliphatic carbocycles. The number of anilines is 3. The van der Waals surface area contributed by atoms with Gasteiger partial charge >= 0.3 is 6.03 Å². The van der Waals surface area contributed by atoms with Crippen molar-refractivity contribution in [2.75, 3.05) is 48.3 Å². The third kappa shape index (κ3) is 4.70. The predicted octanol–water partition coefficient (Wildman–Crippen LogP) is 3.46. The first kappa shape index (κ1) is 21.9. The number of hydrogen-bond donors (Lipinski definition) is 4. The van der Waals surface area contributed by atoms with E-state index in [0.29, 0.717) is 18.8 Å². The van der Waals surface area contributed by atoms with Gasteiger partial charge < -0.3 is 25.6 Å². The number of amides is 2. The Morgan fingerprint density at radius 3 is 2.71 bits per heavy atom. The third-order valence-electron chi connectivity index (χ3n) is 6.07. The second-order valence-electron chi connectivity index (χ2n) is 8.23. The van der Waals surface area contributed by atoms with Crippen LogP contribution in [0.1, 0.15) is 11.6 Å². The number of hydrogen-bond acceptors (Lipinski definition) is 6. The van der Waals surface area contributed by atoms with Crippen LogP contribution in [0.4, 0.5) is 22.0 Å². The lowest BCUT2D eigenvalue weighted by Crippen LogP contribution is -2.49. The Balaban J connectivity index is 1.36. The highest BCUT2D eigenvalue weighted by molar-refractivity contribution is 5.99. The van der Waals surface area contributed by atoms with E-state index in [0.717, 1.165) is 41.2 Å². The topological polar surface area (TPSA) is 109 Å². The molecular formula is C25H27N7O2. The van der Waals surface area contributed by atoms with Gasteiger partial charge in [-0.25, -0.2) is 14.8 Å². The van der Waals surface area contributed by atoms with E-state index in [1.807, 2.05) is 60.8 Å². The van der Waals surface area contributed by atoms with Gasteiger partial charge in [-0.1, -0.05) is 30.3 Å². The number of aliphatic hydroxyl groups is 1. The number of nitrogens with zero attached hydrogens (tertiary/aromatic N) is 4. The van der Waals surface area contributed by atoms with Crippen molar-refractivity contribution in [3.8, 4) is 0 Å². The molecule has 34 heavy (non-hydrogen) atoms. The number of fused-ring (bicyclic) bond motifs is 1. The van der Waals surface area contributed by atoms with Crippen LogP contribution < -0.4 is 15.5 Å². The van der Waals surface area contributed by atoms with Crippen molar-refractivity contribution in [3.05, 3.63) is 78.8 Å². The number of para-hydroxylation sites is 1. The molecule has 9 heteroatoms. The number of aliphatic hydroxyl groups excluding tert-OH is 1. The van der Waals surface area contributed by atoms with Gasteiger partial charge in [-0.3, -0.25) is 4.90 Å². The van der Waals surface area contributed by atoms with Gasteiger partial charge in [-0.2, -0.15) is 0 Å². The number of piperazine rings is 1. The van der Waals surface area contributed by atoms with Crippen molar-refractivity contribution >= 4 is 34.3 Å². The predicted molar refractivity (Wildman–Crippen MR) is 133 cm³/mol. The van der Waals surface area contributed by atoms with Crippen LogP contribution >= 0.6 is 0 Å². The fourth-order valence-electron chi connectivity index (χ4n) is 4.47. The fourth-order valence-corrected chi connectivity index (χ4v) is 4.47. The van der Waals surface area contributed by atoms with E-state index in [2.05, 4.69) is 41.5 Å². The van der Waals surface area contributed by atoms with Crippen LogP contribution in [0.3, 0.4) is 0 Å². The summed E-state index contributed by atoms with van der Waals surface area (Å²) in [6, 6.07) is 18.9. The molecule has 1 unspecified atom stereocenters. The quantitative estimate of drug-likeness (QED) is 0.353. The normalized spacial score (nSPS) is 16.5. The van der Waals surface area contributed by atoms with Crippen molar-refractivity contribution in [1.82, 2.24) is 19.9 Å². The molecule has 1 aliphatic heterocycles. The minimum absolute atomic E-state index is 0.0313. The summed E-state index contributed by atoms with van der Waals surface area (Å²) in [6.07, 6.45) is 3.46. The number of carbonyl (C=O) groups is 1. The molecule has 3 heterocycles. The Morgan fingerprint density at radius 1 is 1.03 bits per heavy atom. The number of carbonyl (C=O) groups excluding carboxylic acids is 1. The summed E-state index contributed by atoms with van der Waals surface area (Å²) in [5, 5.41) is 16.4. The molecule has 174 valence electrons. The number of benzene rings is 2. The number of aromatic nitrogens is 3. The van der Waals surface area contributed by atoms with Crippen molar-refractivity contribution < 1.29 is 9.90 Å². The van der Waals surface area contributed by atoms with E-state index in [-0.39, 0.29) is 18.7 Å². The average molecular weight is 458 g/mol. The third-order valence-corrected chi connectivity index (χ3v) is 6.07. The maximum Gasteiger partial charge on any atom is 0.323 e. The molecule has 1 atom stereocenters. The average Bonchev–Trinajstić information content (AvgIpc) is 3.34. The maximum absolute atomic E-state index is 12.5. The number of urea groups is 1. The molecule has 2 aromatic carbocycles. The highest BCUT2D eigenvalue weighted by atomic mass is 16.3. The highest BCUT2D eigenvalue weighted by Crippen LogP contribution is 2.31. The summed E-state index contributed by atoms with van der Waals surface area (Å²) < 4.78 is 0. The number of rotatable bonds is 6. The van der Waals surface area contributed by atoms with E-state index in [1.54, 1.807) is 6.33 Å². The molecule has 9 nitrogen and oxygen atoms in total. The van der Waals surface area contributed by atoms with Crippen molar-refractivity contribution in [2.24, 2.45) is 0 Å². The lowest BCUT2D eigenvalue weighted by molar-refractivity contribution is 0.137. The van der Waals surface area contributed by atoms with E-state index < -0.39 is 0 Å². The van der Waals surface area contributed by atoms with Gasteiger partial charge in [-0.05, 0) is 35.9 Å². The zero-order valence-electron chi connectivity index (χ0n) is 18.7. The number of H-pyrrole nitrogens is 1.